The van der Waals surface area contributed by atoms with Crippen LogP contribution in [-0.2, 0) is 0 Å². The molecule has 1 aliphatic rings. The zero-order valence-corrected chi connectivity index (χ0v) is 14.2. The summed E-state index contributed by atoms with van der Waals surface area (Å²) < 4.78 is 0. The van der Waals surface area contributed by atoms with Crippen molar-refractivity contribution in [2.75, 3.05) is 26.2 Å². The normalized spacial score (nSPS) is 17.0. The van der Waals surface area contributed by atoms with Crippen molar-refractivity contribution >= 4 is 22.4 Å². The lowest BCUT2D eigenvalue weighted by Crippen LogP contribution is -2.45. The number of halogens is 1. The van der Waals surface area contributed by atoms with Gasteiger partial charge in [0.05, 0.1) is 6.04 Å². The monoisotopic (exact) mass is 337 g/mol. The summed E-state index contributed by atoms with van der Waals surface area (Å²) in [6, 6.07) is 17.2. The zero-order valence-electron chi connectivity index (χ0n) is 13.5. The molecule has 0 bridgehead atoms. The minimum absolute atomic E-state index is 0.225. The molecule has 0 amide bonds. The van der Waals surface area contributed by atoms with Crippen molar-refractivity contribution in [3.05, 3.63) is 77.1 Å². The topological polar surface area (TPSA) is 28.2 Å². The van der Waals surface area contributed by atoms with Crippen molar-refractivity contribution in [1.29, 1.82) is 0 Å². The van der Waals surface area contributed by atoms with Crippen molar-refractivity contribution in [1.82, 2.24) is 15.2 Å². The number of fused-ring (bicyclic) bond motifs is 1. The zero-order chi connectivity index (χ0) is 16.4. The maximum Gasteiger partial charge on any atom is 0.0603 e. The van der Waals surface area contributed by atoms with Crippen LogP contribution in [0.3, 0.4) is 0 Å². The summed E-state index contributed by atoms with van der Waals surface area (Å²) in [5.74, 6) is 0. The van der Waals surface area contributed by atoms with Gasteiger partial charge in [-0.05, 0) is 40.8 Å². The molecule has 122 valence electrons. The first-order chi connectivity index (χ1) is 11.8. The van der Waals surface area contributed by atoms with Gasteiger partial charge in [-0.1, -0.05) is 35.9 Å². The fourth-order valence-corrected chi connectivity index (χ4v) is 3.70. The van der Waals surface area contributed by atoms with E-state index in [4.69, 9.17) is 11.6 Å². The average Bonchev–Trinajstić information content (AvgIpc) is 2.63. The van der Waals surface area contributed by atoms with Crippen molar-refractivity contribution in [2.24, 2.45) is 0 Å². The van der Waals surface area contributed by atoms with E-state index in [1.54, 1.807) is 0 Å². The van der Waals surface area contributed by atoms with Crippen LogP contribution >= 0.6 is 11.6 Å². The molecular weight excluding hydrogens is 318 g/mol. The highest BCUT2D eigenvalue weighted by Gasteiger charge is 2.24. The van der Waals surface area contributed by atoms with Gasteiger partial charge in [-0.15, -0.1) is 0 Å². The maximum atomic E-state index is 6.27. The first-order valence-electron chi connectivity index (χ1n) is 8.35. The number of pyridine rings is 1. The molecule has 4 heteroatoms. The Bertz CT molecular complexity index is 843. The molecule has 0 aliphatic carbocycles. The van der Waals surface area contributed by atoms with Gasteiger partial charge >= 0.3 is 0 Å². The Kier molecular flexibility index (Phi) is 4.48. The molecule has 1 aromatic heterocycles. The largest absolute Gasteiger partial charge is 0.314 e. The lowest BCUT2D eigenvalue weighted by Gasteiger charge is -2.35. The van der Waals surface area contributed by atoms with E-state index < -0.39 is 0 Å². The third kappa shape index (κ3) is 3.16. The van der Waals surface area contributed by atoms with E-state index in [9.17, 15) is 0 Å². The number of piperazine rings is 1. The average molecular weight is 338 g/mol. The van der Waals surface area contributed by atoms with E-state index in [1.807, 2.05) is 24.5 Å². The quantitative estimate of drug-likeness (QED) is 0.786. The Labute approximate surface area is 147 Å². The van der Waals surface area contributed by atoms with Crippen LogP contribution in [0.15, 0.2) is 60.9 Å². The molecule has 2 aromatic carbocycles. The van der Waals surface area contributed by atoms with Crippen molar-refractivity contribution in [2.45, 2.75) is 6.04 Å². The predicted octanol–water partition coefficient (Wildman–Crippen LogP) is 3.88. The Balaban J connectivity index is 1.80. The molecule has 24 heavy (non-hydrogen) atoms. The van der Waals surface area contributed by atoms with E-state index in [-0.39, 0.29) is 6.04 Å². The highest BCUT2D eigenvalue weighted by molar-refractivity contribution is 6.30. The number of hydrogen-bond donors (Lipinski definition) is 1. The smallest absolute Gasteiger partial charge is 0.0603 e. The molecule has 0 saturated carbocycles. The summed E-state index contributed by atoms with van der Waals surface area (Å²) in [7, 11) is 0. The van der Waals surface area contributed by atoms with Gasteiger partial charge < -0.3 is 5.32 Å². The van der Waals surface area contributed by atoms with Crippen molar-refractivity contribution in [3.8, 4) is 0 Å². The summed E-state index contributed by atoms with van der Waals surface area (Å²) in [5.41, 5.74) is 2.55. The third-order valence-electron chi connectivity index (χ3n) is 4.66. The fraction of sp³-hybridized carbons (Fsp3) is 0.250. The number of hydrogen-bond acceptors (Lipinski definition) is 3. The summed E-state index contributed by atoms with van der Waals surface area (Å²) in [6.07, 6.45) is 3.77. The highest BCUT2D eigenvalue weighted by atomic mass is 35.5. The molecule has 0 radical (unpaired) electrons. The molecule has 1 atom stereocenters. The minimum Gasteiger partial charge on any atom is -0.314 e. The van der Waals surface area contributed by atoms with Crippen LogP contribution in [-0.4, -0.2) is 36.1 Å². The molecular formula is C20H20ClN3. The number of aromatic nitrogens is 1. The van der Waals surface area contributed by atoms with Crippen LogP contribution in [0.5, 0.6) is 0 Å². The third-order valence-corrected chi connectivity index (χ3v) is 4.90. The molecule has 1 N–H and O–H groups in total. The molecule has 3 nitrogen and oxygen atoms in total. The van der Waals surface area contributed by atoms with E-state index >= 15 is 0 Å². The van der Waals surface area contributed by atoms with Gasteiger partial charge in [0.1, 0.15) is 0 Å². The van der Waals surface area contributed by atoms with Crippen LogP contribution in [0.4, 0.5) is 0 Å². The van der Waals surface area contributed by atoms with Crippen LogP contribution < -0.4 is 5.32 Å². The van der Waals surface area contributed by atoms with Crippen LogP contribution in [0.2, 0.25) is 5.02 Å². The van der Waals surface area contributed by atoms with Crippen molar-refractivity contribution in [3.63, 3.8) is 0 Å². The Morgan fingerprint density at radius 3 is 2.62 bits per heavy atom. The Morgan fingerprint density at radius 2 is 1.79 bits per heavy atom. The minimum atomic E-state index is 0.225. The van der Waals surface area contributed by atoms with Gasteiger partial charge in [-0.2, -0.15) is 0 Å². The lowest BCUT2D eigenvalue weighted by molar-refractivity contribution is 0.198. The van der Waals surface area contributed by atoms with Gasteiger partial charge in [0.25, 0.3) is 0 Å². The van der Waals surface area contributed by atoms with E-state index in [0.717, 1.165) is 31.2 Å². The molecule has 1 saturated heterocycles. The highest BCUT2D eigenvalue weighted by Crippen LogP contribution is 2.32. The van der Waals surface area contributed by atoms with Gasteiger partial charge in [-0.3, -0.25) is 9.88 Å². The van der Waals surface area contributed by atoms with E-state index in [2.05, 4.69) is 51.6 Å². The first kappa shape index (κ1) is 15.6. The van der Waals surface area contributed by atoms with E-state index in [0.29, 0.717) is 0 Å². The van der Waals surface area contributed by atoms with Crippen LogP contribution in [0.1, 0.15) is 17.2 Å². The predicted molar refractivity (Wildman–Crippen MR) is 99.5 cm³/mol. The Hall–Kier alpha value is -1.94. The van der Waals surface area contributed by atoms with Gasteiger partial charge in [0.15, 0.2) is 0 Å². The molecule has 1 fully saturated rings. The summed E-state index contributed by atoms with van der Waals surface area (Å²) in [6.45, 7) is 4.11. The van der Waals surface area contributed by atoms with Crippen molar-refractivity contribution < 1.29 is 0 Å². The van der Waals surface area contributed by atoms with Gasteiger partial charge in [0, 0.05) is 49.0 Å². The van der Waals surface area contributed by atoms with Crippen LogP contribution in [0.25, 0.3) is 10.8 Å². The maximum absolute atomic E-state index is 6.27. The number of nitrogens with one attached hydrogen (secondary N) is 1. The van der Waals surface area contributed by atoms with Gasteiger partial charge in [0.2, 0.25) is 0 Å². The standard InChI is InChI=1S/C20H20ClN3/c21-19-3-1-2-16(13-19)20(24-10-8-22-9-11-24)17-4-5-18-14-23-7-6-15(18)12-17/h1-7,12-14,20,22H,8-11H2. The summed E-state index contributed by atoms with van der Waals surface area (Å²) in [4.78, 5) is 6.74. The molecule has 4 rings (SSSR count). The van der Waals surface area contributed by atoms with Gasteiger partial charge in [-0.25, -0.2) is 0 Å². The second kappa shape index (κ2) is 6.89. The Morgan fingerprint density at radius 1 is 0.958 bits per heavy atom. The fourth-order valence-electron chi connectivity index (χ4n) is 3.50. The number of rotatable bonds is 3. The van der Waals surface area contributed by atoms with E-state index in [1.165, 1.54) is 21.9 Å². The molecule has 1 aliphatic heterocycles. The molecule has 3 aromatic rings. The molecule has 0 spiro atoms. The molecule has 2 heterocycles. The summed E-state index contributed by atoms with van der Waals surface area (Å²) in [5, 5.41) is 6.63. The number of benzene rings is 2. The summed E-state index contributed by atoms with van der Waals surface area (Å²) >= 11 is 6.27. The second-order valence-corrected chi connectivity index (χ2v) is 6.66. The lowest BCUT2D eigenvalue weighted by atomic mass is 9.95. The molecule has 1 unspecified atom stereocenters. The SMILES string of the molecule is Clc1cccc(C(c2ccc3cnccc3c2)N2CCNCC2)c1. The number of nitrogens with zero attached hydrogens (tertiary/aromatic N) is 2. The first-order valence-corrected chi connectivity index (χ1v) is 8.73. The van der Waals surface area contributed by atoms with Crippen LogP contribution in [0, 0.1) is 0 Å². The second-order valence-electron chi connectivity index (χ2n) is 6.23.